The van der Waals surface area contributed by atoms with E-state index in [-0.39, 0.29) is 0 Å². The summed E-state index contributed by atoms with van der Waals surface area (Å²) in [5.41, 5.74) is 1.26. The van der Waals surface area contributed by atoms with E-state index in [0.29, 0.717) is 0 Å². The van der Waals surface area contributed by atoms with Crippen molar-refractivity contribution in [2.75, 3.05) is 0 Å². The van der Waals surface area contributed by atoms with Crippen molar-refractivity contribution < 1.29 is 0 Å². The fourth-order valence-electron chi connectivity index (χ4n) is 1.13. The van der Waals surface area contributed by atoms with Gasteiger partial charge in [0.15, 0.2) is 0 Å². The second-order valence-corrected chi connectivity index (χ2v) is 2.65. The van der Waals surface area contributed by atoms with Gasteiger partial charge >= 0.3 is 0 Å². The van der Waals surface area contributed by atoms with E-state index < -0.39 is 0 Å². The molecule has 2 heterocycles. The quantitative estimate of drug-likeness (QED) is 0.636. The van der Waals surface area contributed by atoms with Crippen LogP contribution in [0.2, 0.25) is 0 Å². The van der Waals surface area contributed by atoms with Gasteiger partial charge in [-0.3, -0.25) is 0 Å². The highest BCUT2D eigenvalue weighted by Crippen LogP contribution is 2.07. The first-order valence-electron chi connectivity index (χ1n) is 3.64. The number of aromatic amines is 1. The first-order chi connectivity index (χ1) is 5.36. The molecular formula is C9H10N2. The van der Waals surface area contributed by atoms with Gasteiger partial charge < -0.3 is 9.55 Å². The summed E-state index contributed by atoms with van der Waals surface area (Å²) in [4.78, 5) is 3.17. The summed E-state index contributed by atoms with van der Waals surface area (Å²) in [6, 6.07) is 6.13. The Morgan fingerprint density at radius 1 is 1.27 bits per heavy atom. The maximum Gasteiger partial charge on any atom is 0.114 e. The van der Waals surface area contributed by atoms with Crippen molar-refractivity contribution in [3.63, 3.8) is 0 Å². The van der Waals surface area contributed by atoms with Gasteiger partial charge in [0.2, 0.25) is 0 Å². The van der Waals surface area contributed by atoms with Crippen molar-refractivity contribution in [2.24, 2.45) is 0 Å². The normalized spacial score (nSPS) is 10.3. The molecular weight excluding hydrogens is 136 g/mol. The van der Waals surface area contributed by atoms with Crippen LogP contribution in [0.3, 0.4) is 0 Å². The summed E-state index contributed by atoms with van der Waals surface area (Å²) in [6.45, 7) is 2.07. The fraction of sp³-hybridized carbons (Fsp3) is 0.111. The van der Waals surface area contributed by atoms with Gasteiger partial charge in [-0.2, -0.15) is 0 Å². The first-order valence-corrected chi connectivity index (χ1v) is 3.64. The number of nitrogens with zero attached hydrogens (tertiary/aromatic N) is 1. The number of aromatic nitrogens is 2. The van der Waals surface area contributed by atoms with Crippen LogP contribution in [0.25, 0.3) is 5.82 Å². The van der Waals surface area contributed by atoms with E-state index in [9.17, 15) is 0 Å². The van der Waals surface area contributed by atoms with Crippen LogP contribution < -0.4 is 0 Å². The van der Waals surface area contributed by atoms with Gasteiger partial charge in [0.25, 0.3) is 0 Å². The smallest absolute Gasteiger partial charge is 0.114 e. The number of aryl methyl sites for hydroxylation is 1. The van der Waals surface area contributed by atoms with E-state index in [1.165, 1.54) is 5.56 Å². The summed E-state index contributed by atoms with van der Waals surface area (Å²) in [6.07, 6.45) is 6.03. The van der Waals surface area contributed by atoms with Crippen molar-refractivity contribution >= 4 is 0 Å². The SMILES string of the molecule is Cc1c[nH]c(-n2cccc2)c1. The standard InChI is InChI=1S/C9H10N2/c1-8-6-9(10-7-8)11-4-2-3-5-11/h2-7,10H,1H3. The molecule has 0 spiro atoms. The number of rotatable bonds is 1. The zero-order valence-corrected chi connectivity index (χ0v) is 6.41. The van der Waals surface area contributed by atoms with Crippen molar-refractivity contribution in [3.8, 4) is 5.82 Å². The Hall–Kier alpha value is -1.44. The van der Waals surface area contributed by atoms with Crippen LogP contribution in [-0.4, -0.2) is 9.55 Å². The topological polar surface area (TPSA) is 20.7 Å². The van der Waals surface area contributed by atoms with Crippen molar-refractivity contribution in [2.45, 2.75) is 6.92 Å². The van der Waals surface area contributed by atoms with E-state index in [4.69, 9.17) is 0 Å². The molecule has 56 valence electrons. The van der Waals surface area contributed by atoms with Gasteiger partial charge in [0.1, 0.15) is 5.82 Å². The van der Waals surface area contributed by atoms with Gasteiger partial charge in [0.05, 0.1) is 0 Å². The molecule has 11 heavy (non-hydrogen) atoms. The zero-order valence-electron chi connectivity index (χ0n) is 6.41. The van der Waals surface area contributed by atoms with Gasteiger partial charge in [0, 0.05) is 18.6 Å². The molecule has 0 bridgehead atoms. The summed E-state index contributed by atoms with van der Waals surface area (Å²) < 4.78 is 2.05. The minimum absolute atomic E-state index is 1.12. The highest BCUT2D eigenvalue weighted by molar-refractivity contribution is 5.28. The Labute approximate surface area is 65.5 Å². The Bertz CT molecular complexity index is 330. The molecule has 0 aliphatic rings. The summed E-state index contributed by atoms with van der Waals surface area (Å²) in [7, 11) is 0. The molecule has 0 aliphatic carbocycles. The maximum atomic E-state index is 3.17. The number of H-pyrrole nitrogens is 1. The van der Waals surface area contributed by atoms with Crippen molar-refractivity contribution in [1.29, 1.82) is 0 Å². The summed E-state index contributed by atoms with van der Waals surface area (Å²) >= 11 is 0. The molecule has 0 atom stereocenters. The largest absolute Gasteiger partial charge is 0.348 e. The van der Waals surface area contributed by atoms with Crippen LogP contribution in [0.4, 0.5) is 0 Å². The summed E-state index contributed by atoms with van der Waals surface area (Å²) in [5.74, 6) is 1.12. The molecule has 2 aromatic heterocycles. The average molecular weight is 146 g/mol. The van der Waals surface area contributed by atoms with Crippen LogP contribution >= 0.6 is 0 Å². The van der Waals surface area contributed by atoms with Crippen LogP contribution in [0.1, 0.15) is 5.56 Å². The first kappa shape index (κ1) is 6.28. The third-order valence-corrected chi connectivity index (χ3v) is 1.69. The van der Waals surface area contributed by atoms with Crippen LogP contribution in [-0.2, 0) is 0 Å². The lowest BCUT2D eigenvalue weighted by Gasteiger charge is -1.95. The fourth-order valence-corrected chi connectivity index (χ4v) is 1.13. The molecule has 0 fully saturated rings. The van der Waals surface area contributed by atoms with E-state index in [1.807, 2.05) is 35.3 Å². The Morgan fingerprint density at radius 2 is 2.00 bits per heavy atom. The molecule has 0 radical (unpaired) electrons. The van der Waals surface area contributed by atoms with E-state index in [2.05, 4.69) is 18.0 Å². The Balaban J connectivity index is 2.45. The predicted molar refractivity (Wildman–Crippen MR) is 44.9 cm³/mol. The zero-order chi connectivity index (χ0) is 7.68. The molecule has 1 N–H and O–H groups in total. The lowest BCUT2D eigenvalue weighted by Crippen LogP contribution is -1.87. The van der Waals surface area contributed by atoms with Crippen LogP contribution in [0.5, 0.6) is 0 Å². The minimum atomic E-state index is 1.12. The van der Waals surface area contributed by atoms with E-state index >= 15 is 0 Å². The second kappa shape index (κ2) is 2.31. The molecule has 0 aliphatic heterocycles. The average Bonchev–Trinajstić information content (AvgIpc) is 2.55. The lowest BCUT2D eigenvalue weighted by atomic mass is 10.4. The molecule has 2 heteroatoms. The Morgan fingerprint density at radius 3 is 2.55 bits per heavy atom. The highest BCUT2D eigenvalue weighted by Gasteiger charge is 1.94. The molecule has 0 amide bonds. The monoisotopic (exact) mass is 146 g/mol. The van der Waals surface area contributed by atoms with Crippen molar-refractivity contribution in [1.82, 2.24) is 9.55 Å². The molecule has 2 nitrogen and oxygen atoms in total. The van der Waals surface area contributed by atoms with Crippen LogP contribution in [0, 0.1) is 6.92 Å². The van der Waals surface area contributed by atoms with E-state index in [0.717, 1.165) is 5.82 Å². The number of hydrogen-bond acceptors (Lipinski definition) is 0. The molecule has 0 unspecified atom stereocenters. The minimum Gasteiger partial charge on any atom is -0.348 e. The summed E-state index contributed by atoms with van der Waals surface area (Å²) in [5, 5.41) is 0. The van der Waals surface area contributed by atoms with Gasteiger partial charge in [-0.15, -0.1) is 0 Å². The maximum absolute atomic E-state index is 3.17. The third kappa shape index (κ3) is 1.07. The van der Waals surface area contributed by atoms with Gasteiger partial charge in [-0.1, -0.05) is 0 Å². The molecule has 2 rings (SSSR count). The van der Waals surface area contributed by atoms with E-state index in [1.54, 1.807) is 0 Å². The lowest BCUT2D eigenvalue weighted by molar-refractivity contribution is 1.03. The van der Waals surface area contributed by atoms with Crippen molar-refractivity contribution in [3.05, 3.63) is 42.4 Å². The Kier molecular flexibility index (Phi) is 1.32. The number of hydrogen-bond donors (Lipinski definition) is 1. The molecule has 2 aromatic rings. The van der Waals surface area contributed by atoms with Gasteiger partial charge in [-0.25, -0.2) is 0 Å². The van der Waals surface area contributed by atoms with Gasteiger partial charge in [-0.05, 0) is 30.7 Å². The molecule has 0 aromatic carbocycles. The highest BCUT2D eigenvalue weighted by atomic mass is 15.0. The molecule has 0 saturated carbocycles. The molecule has 0 saturated heterocycles. The predicted octanol–water partition coefficient (Wildman–Crippen LogP) is 2.11. The third-order valence-electron chi connectivity index (χ3n) is 1.69. The second-order valence-electron chi connectivity index (χ2n) is 2.65. The van der Waals surface area contributed by atoms with Crippen LogP contribution in [0.15, 0.2) is 36.8 Å². The number of nitrogens with one attached hydrogen (secondary N) is 1.